The van der Waals surface area contributed by atoms with E-state index in [9.17, 15) is 0 Å². The Bertz CT molecular complexity index is 397. The zero-order chi connectivity index (χ0) is 10.5. The first-order chi connectivity index (χ1) is 7.34. The van der Waals surface area contributed by atoms with Crippen molar-refractivity contribution < 1.29 is 0 Å². The first-order valence-electron chi connectivity index (χ1n) is 4.66. The van der Waals surface area contributed by atoms with E-state index < -0.39 is 0 Å². The van der Waals surface area contributed by atoms with Gasteiger partial charge in [0, 0.05) is 6.54 Å². The molecule has 1 N–H and O–H groups in total. The third-order valence-electron chi connectivity index (χ3n) is 1.97. The van der Waals surface area contributed by atoms with Crippen molar-refractivity contribution in [1.29, 1.82) is 0 Å². The van der Waals surface area contributed by atoms with E-state index in [0.717, 1.165) is 28.9 Å². The van der Waals surface area contributed by atoms with Crippen molar-refractivity contribution in [2.75, 3.05) is 6.54 Å². The normalized spacial score (nSPS) is 10.7. The van der Waals surface area contributed by atoms with Crippen LogP contribution in [0.2, 0.25) is 4.34 Å². The molecular weight excluding hydrogens is 248 g/mol. The van der Waals surface area contributed by atoms with Gasteiger partial charge in [-0.05, 0) is 35.4 Å². The largest absolute Gasteiger partial charge is 0.310 e. The molecule has 0 unspecified atom stereocenters. The summed E-state index contributed by atoms with van der Waals surface area (Å²) < 4.78 is 0.754. The van der Waals surface area contributed by atoms with Crippen LogP contribution in [-0.2, 0) is 13.0 Å². The highest BCUT2D eigenvalue weighted by atomic mass is 35.5. The summed E-state index contributed by atoms with van der Waals surface area (Å²) in [6, 6.07) is 2.16. The van der Waals surface area contributed by atoms with Gasteiger partial charge >= 0.3 is 0 Å². The zero-order valence-corrected chi connectivity index (χ0v) is 10.5. The number of halogens is 1. The van der Waals surface area contributed by atoms with E-state index in [4.69, 9.17) is 11.6 Å². The van der Waals surface area contributed by atoms with Crippen LogP contribution in [0.15, 0.2) is 23.0 Å². The summed E-state index contributed by atoms with van der Waals surface area (Å²) in [7, 11) is 0. The summed E-state index contributed by atoms with van der Waals surface area (Å²) in [5, 5.41) is 8.68. The van der Waals surface area contributed by atoms with Gasteiger partial charge in [0.15, 0.2) is 0 Å². The molecule has 0 aromatic carbocycles. The van der Waals surface area contributed by atoms with Crippen LogP contribution in [0.1, 0.15) is 10.6 Å². The molecule has 80 valence electrons. The van der Waals surface area contributed by atoms with E-state index >= 15 is 0 Å². The van der Waals surface area contributed by atoms with Gasteiger partial charge in [-0.2, -0.15) is 11.3 Å². The Morgan fingerprint density at radius 3 is 3.07 bits per heavy atom. The molecule has 0 aliphatic carbocycles. The Morgan fingerprint density at radius 2 is 2.40 bits per heavy atom. The second kappa shape index (κ2) is 5.61. The first kappa shape index (κ1) is 11.1. The van der Waals surface area contributed by atoms with Crippen LogP contribution >= 0.6 is 34.3 Å². The van der Waals surface area contributed by atoms with Crippen LogP contribution in [0.4, 0.5) is 0 Å². The maximum absolute atomic E-state index is 5.78. The van der Waals surface area contributed by atoms with Crippen LogP contribution in [-0.4, -0.2) is 11.5 Å². The Labute approximate surface area is 102 Å². The number of hydrogen-bond donors (Lipinski definition) is 1. The molecule has 15 heavy (non-hydrogen) atoms. The van der Waals surface area contributed by atoms with Crippen molar-refractivity contribution in [2.24, 2.45) is 0 Å². The maximum atomic E-state index is 5.78. The minimum Gasteiger partial charge on any atom is -0.310 e. The van der Waals surface area contributed by atoms with Crippen LogP contribution in [0.3, 0.4) is 0 Å². The van der Waals surface area contributed by atoms with Gasteiger partial charge in [-0.1, -0.05) is 11.6 Å². The highest BCUT2D eigenvalue weighted by Gasteiger charge is 1.99. The van der Waals surface area contributed by atoms with E-state index in [1.165, 1.54) is 16.9 Å². The minimum absolute atomic E-state index is 0.754. The van der Waals surface area contributed by atoms with Gasteiger partial charge in [0.25, 0.3) is 0 Å². The fourth-order valence-electron chi connectivity index (χ4n) is 1.23. The van der Waals surface area contributed by atoms with Crippen LogP contribution in [0.25, 0.3) is 0 Å². The lowest BCUT2D eigenvalue weighted by Gasteiger charge is -2.00. The number of rotatable bonds is 5. The standard InChI is InChI=1S/C10H11ClN2S2/c11-9-5-13-10(15-9)6-12-3-1-8-2-4-14-7-8/h2,4-5,7,12H,1,3,6H2. The van der Waals surface area contributed by atoms with E-state index in [1.807, 2.05) is 0 Å². The van der Waals surface area contributed by atoms with Crippen LogP contribution in [0.5, 0.6) is 0 Å². The average molecular weight is 259 g/mol. The topological polar surface area (TPSA) is 24.9 Å². The minimum atomic E-state index is 0.754. The van der Waals surface area contributed by atoms with Crippen molar-refractivity contribution >= 4 is 34.3 Å². The Kier molecular flexibility index (Phi) is 4.14. The second-order valence-electron chi connectivity index (χ2n) is 3.12. The summed E-state index contributed by atoms with van der Waals surface area (Å²) in [5.74, 6) is 0. The number of thiazole rings is 1. The van der Waals surface area contributed by atoms with E-state index in [1.54, 1.807) is 17.5 Å². The van der Waals surface area contributed by atoms with Crippen molar-refractivity contribution in [1.82, 2.24) is 10.3 Å². The molecule has 2 aromatic heterocycles. The summed E-state index contributed by atoms with van der Waals surface area (Å²) in [6.07, 6.45) is 2.77. The monoisotopic (exact) mass is 258 g/mol. The molecule has 0 spiro atoms. The van der Waals surface area contributed by atoms with Gasteiger partial charge in [-0.15, -0.1) is 11.3 Å². The van der Waals surface area contributed by atoms with Gasteiger partial charge in [0.05, 0.1) is 6.20 Å². The Morgan fingerprint density at radius 1 is 1.47 bits per heavy atom. The summed E-state index contributed by atoms with van der Waals surface area (Å²) in [4.78, 5) is 4.18. The molecule has 2 heterocycles. The van der Waals surface area contributed by atoms with Crippen LogP contribution < -0.4 is 5.32 Å². The molecular formula is C10H11ClN2S2. The predicted molar refractivity (Wildman–Crippen MR) is 66.9 cm³/mol. The number of hydrogen-bond acceptors (Lipinski definition) is 4. The molecule has 2 nitrogen and oxygen atoms in total. The molecule has 0 aliphatic rings. The predicted octanol–water partition coefficient (Wildman–Crippen LogP) is 3.19. The molecule has 5 heteroatoms. The lowest BCUT2D eigenvalue weighted by atomic mass is 10.2. The average Bonchev–Trinajstić information content (AvgIpc) is 2.84. The molecule has 0 atom stereocenters. The third kappa shape index (κ3) is 3.57. The highest BCUT2D eigenvalue weighted by Crippen LogP contribution is 2.17. The number of nitrogens with zero attached hydrogens (tertiary/aromatic N) is 1. The number of aromatic nitrogens is 1. The Balaban J connectivity index is 1.67. The lowest BCUT2D eigenvalue weighted by molar-refractivity contribution is 0.685. The summed E-state index contributed by atoms with van der Waals surface area (Å²) in [5.41, 5.74) is 1.39. The molecule has 0 amide bonds. The maximum Gasteiger partial charge on any atom is 0.113 e. The first-order valence-corrected chi connectivity index (χ1v) is 6.80. The SMILES string of the molecule is Clc1cnc(CNCCc2ccsc2)s1. The van der Waals surface area contributed by atoms with Crippen molar-refractivity contribution in [3.05, 3.63) is 37.9 Å². The molecule has 0 bridgehead atoms. The molecule has 0 saturated heterocycles. The molecule has 2 rings (SSSR count). The van der Waals surface area contributed by atoms with Crippen molar-refractivity contribution in [3.63, 3.8) is 0 Å². The number of thiophene rings is 1. The molecule has 0 radical (unpaired) electrons. The molecule has 0 fully saturated rings. The number of nitrogens with one attached hydrogen (secondary N) is 1. The quantitative estimate of drug-likeness (QED) is 0.834. The smallest absolute Gasteiger partial charge is 0.113 e. The molecule has 2 aromatic rings. The second-order valence-corrected chi connectivity index (χ2v) is 5.64. The molecule has 0 aliphatic heterocycles. The highest BCUT2D eigenvalue weighted by molar-refractivity contribution is 7.15. The summed E-state index contributed by atoms with van der Waals surface area (Å²) in [6.45, 7) is 1.79. The van der Waals surface area contributed by atoms with E-state index in [-0.39, 0.29) is 0 Å². The third-order valence-corrected chi connectivity index (χ3v) is 3.82. The van der Waals surface area contributed by atoms with E-state index in [2.05, 4.69) is 27.1 Å². The summed E-state index contributed by atoms with van der Waals surface area (Å²) >= 11 is 9.06. The Hall–Kier alpha value is -0.420. The van der Waals surface area contributed by atoms with Gasteiger partial charge < -0.3 is 5.32 Å². The van der Waals surface area contributed by atoms with E-state index in [0.29, 0.717) is 0 Å². The molecule has 0 saturated carbocycles. The fraction of sp³-hybridized carbons (Fsp3) is 0.300. The van der Waals surface area contributed by atoms with Gasteiger partial charge in [0.2, 0.25) is 0 Å². The lowest BCUT2D eigenvalue weighted by Crippen LogP contribution is -2.16. The van der Waals surface area contributed by atoms with Gasteiger partial charge in [-0.25, -0.2) is 4.98 Å². The van der Waals surface area contributed by atoms with Gasteiger partial charge in [0.1, 0.15) is 9.34 Å². The fourth-order valence-corrected chi connectivity index (χ4v) is 2.86. The zero-order valence-electron chi connectivity index (χ0n) is 8.07. The van der Waals surface area contributed by atoms with Crippen molar-refractivity contribution in [2.45, 2.75) is 13.0 Å². The van der Waals surface area contributed by atoms with Crippen LogP contribution in [0, 0.1) is 0 Å². The van der Waals surface area contributed by atoms with Gasteiger partial charge in [-0.3, -0.25) is 0 Å². The van der Waals surface area contributed by atoms with Crippen molar-refractivity contribution in [3.8, 4) is 0 Å².